The third-order valence-corrected chi connectivity index (χ3v) is 8.20. The highest BCUT2D eigenvalue weighted by molar-refractivity contribution is 8.01. The van der Waals surface area contributed by atoms with E-state index in [0.29, 0.717) is 28.2 Å². The second-order valence-corrected chi connectivity index (χ2v) is 10.8. The highest BCUT2D eigenvalue weighted by Crippen LogP contribution is 2.36. The Morgan fingerprint density at radius 3 is 2.79 bits per heavy atom. The molecule has 4 rings (SSSR count). The third-order valence-electron chi connectivity index (χ3n) is 6.23. The first-order valence-electron chi connectivity index (χ1n) is 11.1. The van der Waals surface area contributed by atoms with Crippen molar-refractivity contribution in [1.82, 2.24) is 25.9 Å². The van der Waals surface area contributed by atoms with Gasteiger partial charge in [0.05, 0.1) is 5.75 Å². The summed E-state index contributed by atoms with van der Waals surface area (Å²) in [6, 6.07) is 5.57. The van der Waals surface area contributed by atoms with Gasteiger partial charge in [0.2, 0.25) is 11.0 Å². The molecule has 1 aliphatic heterocycles. The number of aryl methyl sites for hydroxylation is 2. The summed E-state index contributed by atoms with van der Waals surface area (Å²) >= 11 is 2.56. The summed E-state index contributed by atoms with van der Waals surface area (Å²) in [6.45, 7) is 6.28. The highest BCUT2D eigenvalue weighted by Gasteiger charge is 2.52. The Bertz CT molecular complexity index is 1060. The molecule has 1 aliphatic carbocycles. The van der Waals surface area contributed by atoms with Crippen molar-refractivity contribution in [2.75, 3.05) is 11.1 Å². The Hall–Kier alpha value is -2.66. The van der Waals surface area contributed by atoms with Crippen LogP contribution in [0, 0.1) is 12.8 Å². The molecule has 2 aromatic rings. The number of nitrogens with one attached hydrogen (secondary N) is 3. The van der Waals surface area contributed by atoms with Gasteiger partial charge in [-0.3, -0.25) is 15.0 Å². The van der Waals surface area contributed by atoms with Crippen molar-refractivity contribution < 1.29 is 14.4 Å². The molecule has 11 heteroatoms. The standard InChI is InChI=1S/C22H28N6O3S2/c1-4-15-7-5-6-14(3)17(15)23-19-25-26-21(33-19)32-12-16(29)27-28-18(30)22(24-20(28)31)10-8-13(2)9-11-22/h5-7,13H,4,8-12H2,1-3H3,(H,23,25)(H,24,31)(H,27,29). The molecule has 1 spiro atoms. The number of nitrogens with zero attached hydrogens (tertiary/aromatic N) is 3. The maximum absolute atomic E-state index is 12.9. The number of rotatable bonds is 7. The predicted molar refractivity (Wildman–Crippen MR) is 128 cm³/mol. The Morgan fingerprint density at radius 2 is 2.06 bits per heavy atom. The normalized spacial score (nSPS) is 22.5. The van der Waals surface area contributed by atoms with Crippen molar-refractivity contribution in [3.8, 4) is 0 Å². The number of hydrogen-bond acceptors (Lipinski definition) is 8. The fraction of sp³-hybridized carbons (Fsp3) is 0.500. The minimum atomic E-state index is -0.878. The minimum Gasteiger partial charge on any atom is -0.330 e. The lowest BCUT2D eigenvalue weighted by molar-refractivity contribution is -0.139. The molecule has 0 unspecified atom stereocenters. The van der Waals surface area contributed by atoms with Crippen molar-refractivity contribution in [1.29, 1.82) is 0 Å². The summed E-state index contributed by atoms with van der Waals surface area (Å²) < 4.78 is 0.620. The monoisotopic (exact) mass is 488 g/mol. The highest BCUT2D eigenvalue weighted by atomic mass is 32.2. The number of benzene rings is 1. The Morgan fingerprint density at radius 1 is 1.30 bits per heavy atom. The lowest BCUT2D eigenvalue weighted by atomic mass is 9.77. The molecule has 1 aromatic heterocycles. The molecule has 2 heterocycles. The second-order valence-electron chi connectivity index (χ2n) is 8.62. The molecular formula is C22H28N6O3S2. The lowest BCUT2D eigenvalue weighted by Crippen LogP contribution is -2.51. The molecule has 0 atom stereocenters. The quantitative estimate of drug-likeness (QED) is 0.401. The molecular weight excluding hydrogens is 460 g/mol. The molecule has 176 valence electrons. The van der Waals surface area contributed by atoms with E-state index < -0.39 is 17.5 Å². The maximum Gasteiger partial charge on any atom is 0.344 e. The largest absolute Gasteiger partial charge is 0.344 e. The number of carbonyl (C=O) groups excluding carboxylic acids is 3. The summed E-state index contributed by atoms with van der Waals surface area (Å²) in [5.41, 5.74) is 4.91. The van der Waals surface area contributed by atoms with E-state index in [9.17, 15) is 14.4 Å². The Balaban J connectivity index is 1.32. The number of hydrogen-bond donors (Lipinski definition) is 3. The zero-order valence-electron chi connectivity index (χ0n) is 18.9. The first kappa shape index (κ1) is 23.5. The third kappa shape index (κ3) is 4.98. The van der Waals surface area contributed by atoms with Gasteiger partial charge in [-0.2, -0.15) is 5.01 Å². The fourth-order valence-corrected chi connectivity index (χ4v) is 5.78. The topological polar surface area (TPSA) is 116 Å². The van der Waals surface area contributed by atoms with Crippen molar-refractivity contribution >= 4 is 51.8 Å². The van der Waals surface area contributed by atoms with Crippen LogP contribution in [-0.4, -0.2) is 44.3 Å². The number of aromatic nitrogens is 2. The number of thioether (sulfide) groups is 1. The van der Waals surface area contributed by atoms with Crippen LogP contribution in [0.3, 0.4) is 0 Å². The van der Waals surface area contributed by atoms with E-state index in [2.05, 4.69) is 46.2 Å². The average molecular weight is 489 g/mol. The molecule has 4 amide bonds. The van der Waals surface area contributed by atoms with E-state index in [1.807, 2.05) is 19.1 Å². The zero-order chi connectivity index (χ0) is 23.6. The van der Waals surface area contributed by atoms with Crippen LogP contribution in [0.4, 0.5) is 15.6 Å². The summed E-state index contributed by atoms with van der Waals surface area (Å²) in [4.78, 5) is 37.7. The minimum absolute atomic E-state index is 0.0142. The van der Waals surface area contributed by atoms with E-state index in [4.69, 9.17) is 0 Å². The number of imide groups is 1. The van der Waals surface area contributed by atoms with Crippen molar-refractivity contribution in [3.05, 3.63) is 29.3 Å². The second kappa shape index (κ2) is 9.68. The van der Waals surface area contributed by atoms with Gasteiger partial charge in [-0.05, 0) is 56.1 Å². The van der Waals surface area contributed by atoms with Crippen LogP contribution in [0.15, 0.2) is 22.5 Å². The zero-order valence-corrected chi connectivity index (χ0v) is 20.6. The number of amides is 4. The SMILES string of the molecule is CCc1cccc(C)c1Nc1nnc(SCC(=O)NN2C(=O)NC3(CCC(C)CC3)C2=O)s1. The summed E-state index contributed by atoms with van der Waals surface area (Å²) in [5.74, 6) is -0.266. The number of carbonyl (C=O) groups is 3. The van der Waals surface area contributed by atoms with Crippen LogP contribution in [0.2, 0.25) is 0 Å². The number of urea groups is 1. The number of para-hydroxylation sites is 1. The number of hydrazine groups is 1. The molecule has 9 nitrogen and oxygen atoms in total. The Labute approximate surface area is 201 Å². The lowest BCUT2D eigenvalue weighted by Gasteiger charge is -2.33. The van der Waals surface area contributed by atoms with E-state index in [1.165, 1.54) is 28.7 Å². The van der Waals surface area contributed by atoms with Gasteiger partial charge in [-0.1, -0.05) is 55.1 Å². The molecule has 1 aromatic carbocycles. The molecule has 0 bridgehead atoms. The van der Waals surface area contributed by atoms with Gasteiger partial charge in [0, 0.05) is 5.69 Å². The average Bonchev–Trinajstić information content (AvgIpc) is 3.34. The van der Waals surface area contributed by atoms with Gasteiger partial charge in [-0.15, -0.1) is 10.2 Å². The van der Waals surface area contributed by atoms with Crippen LogP contribution < -0.4 is 16.1 Å². The maximum atomic E-state index is 12.9. The first-order valence-corrected chi connectivity index (χ1v) is 12.9. The first-order chi connectivity index (χ1) is 15.8. The summed E-state index contributed by atoms with van der Waals surface area (Å²) in [6.07, 6.45) is 3.84. The van der Waals surface area contributed by atoms with E-state index >= 15 is 0 Å². The van der Waals surface area contributed by atoms with E-state index in [0.717, 1.165) is 35.5 Å². The van der Waals surface area contributed by atoms with Crippen molar-refractivity contribution in [3.63, 3.8) is 0 Å². The van der Waals surface area contributed by atoms with Gasteiger partial charge >= 0.3 is 6.03 Å². The molecule has 1 saturated carbocycles. The van der Waals surface area contributed by atoms with Crippen LogP contribution >= 0.6 is 23.1 Å². The smallest absolute Gasteiger partial charge is 0.330 e. The predicted octanol–water partition coefficient (Wildman–Crippen LogP) is 3.78. The van der Waals surface area contributed by atoms with Gasteiger partial charge in [0.15, 0.2) is 4.34 Å². The van der Waals surface area contributed by atoms with Gasteiger partial charge in [-0.25, -0.2) is 4.79 Å². The van der Waals surface area contributed by atoms with E-state index in [1.54, 1.807) is 0 Å². The van der Waals surface area contributed by atoms with Crippen molar-refractivity contribution in [2.45, 2.75) is 62.8 Å². The van der Waals surface area contributed by atoms with E-state index in [-0.39, 0.29) is 11.7 Å². The van der Waals surface area contributed by atoms with Crippen LogP contribution in [0.5, 0.6) is 0 Å². The molecule has 2 aliphatic rings. The van der Waals surface area contributed by atoms with Crippen LogP contribution in [0.25, 0.3) is 0 Å². The summed E-state index contributed by atoms with van der Waals surface area (Å²) in [5, 5.41) is 15.9. The molecule has 2 fully saturated rings. The fourth-order valence-electron chi connectivity index (χ4n) is 4.23. The van der Waals surface area contributed by atoms with Crippen molar-refractivity contribution in [2.24, 2.45) is 5.92 Å². The van der Waals surface area contributed by atoms with Gasteiger partial charge in [0.25, 0.3) is 5.91 Å². The molecule has 1 saturated heterocycles. The van der Waals surface area contributed by atoms with Gasteiger partial charge < -0.3 is 10.6 Å². The number of anilines is 2. The van der Waals surface area contributed by atoms with Crippen LogP contribution in [0.1, 0.15) is 50.7 Å². The Kier molecular flexibility index (Phi) is 6.89. The van der Waals surface area contributed by atoms with Gasteiger partial charge in [0.1, 0.15) is 5.54 Å². The molecule has 0 radical (unpaired) electrons. The molecule has 3 N–H and O–H groups in total. The van der Waals surface area contributed by atoms with Crippen LogP contribution in [-0.2, 0) is 16.0 Å². The molecule has 33 heavy (non-hydrogen) atoms. The summed E-state index contributed by atoms with van der Waals surface area (Å²) in [7, 11) is 0.